The molecule has 7 heteroatoms. The molecule has 1 rings (SSSR count). The van der Waals surface area contributed by atoms with Crippen LogP contribution < -0.4 is 11.1 Å². The molecule has 0 spiro atoms. The summed E-state index contributed by atoms with van der Waals surface area (Å²) in [5.41, 5.74) is 5.29. The fraction of sp³-hybridized carbons (Fsp3) is 0.625. The first kappa shape index (κ1) is 11.4. The van der Waals surface area contributed by atoms with Gasteiger partial charge in [-0.25, -0.2) is 0 Å². The van der Waals surface area contributed by atoms with Crippen molar-refractivity contribution in [1.29, 1.82) is 0 Å². The Morgan fingerprint density at radius 3 is 2.80 bits per heavy atom. The number of rotatable bonds is 5. The van der Waals surface area contributed by atoms with Crippen molar-refractivity contribution in [3.8, 4) is 0 Å². The molecule has 7 nitrogen and oxygen atoms in total. The van der Waals surface area contributed by atoms with E-state index in [1.807, 2.05) is 0 Å². The van der Waals surface area contributed by atoms with E-state index in [9.17, 15) is 4.79 Å². The van der Waals surface area contributed by atoms with Crippen LogP contribution in [0.4, 0.5) is 6.01 Å². The zero-order valence-electron chi connectivity index (χ0n) is 8.86. The van der Waals surface area contributed by atoms with E-state index in [0.29, 0.717) is 24.9 Å². The Morgan fingerprint density at radius 1 is 1.53 bits per heavy atom. The summed E-state index contributed by atoms with van der Waals surface area (Å²) in [6, 6.07) is 0.294. The van der Waals surface area contributed by atoms with Gasteiger partial charge in [0.05, 0.1) is 6.54 Å². The molecule has 0 aliphatic rings. The van der Waals surface area contributed by atoms with Gasteiger partial charge < -0.3 is 20.4 Å². The number of nitrogens with zero attached hydrogens (tertiary/aromatic N) is 3. The smallest absolute Gasteiger partial charge is 0.315 e. The minimum absolute atomic E-state index is 0.0427. The maximum absolute atomic E-state index is 11.2. The molecule has 3 N–H and O–H groups in total. The normalized spacial score (nSPS) is 10.1. The number of aromatic nitrogens is 2. The Morgan fingerprint density at radius 2 is 2.27 bits per heavy atom. The molecule has 1 heterocycles. The summed E-state index contributed by atoms with van der Waals surface area (Å²) >= 11 is 0. The molecule has 0 saturated heterocycles. The number of anilines is 1. The van der Waals surface area contributed by atoms with E-state index in [0.717, 1.165) is 0 Å². The first-order chi connectivity index (χ1) is 7.13. The van der Waals surface area contributed by atoms with E-state index in [2.05, 4.69) is 15.5 Å². The Balaban J connectivity index is 2.28. The quantitative estimate of drug-likeness (QED) is 0.679. The number of carbonyl (C=O) groups excluding carboxylic acids is 1. The second kappa shape index (κ2) is 5.30. The van der Waals surface area contributed by atoms with Gasteiger partial charge in [-0.3, -0.25) is 4.79 Å². The number of hydrogen-bond acceptors (Lipinski definition) is 6. The van der Waals surface area contributed by atoms with Gasteiger partial charge >= 0.3 is 6.01 Å². The van der Waals surface area contributed by atoms with Crippen molar-refractivity contribution >= 4 is 11.9 Å². The molecule has 0 bridgehead atoms. The van der Waals surface area contributed by atoms with Crippen molar-refractivity contribution in [1.82, 2.24) is 15.1 Å². The van der Waals surface area contributed by atoms with Crippen molar-refractivity contribution in [2.45, 2.75) is 13.0 Å². The molecule has 1 aromatic heterocycles. The van der Waals surface area contributed by atoms with Crippen molar-refractivity contribution in [2.24, 2.45) is 5.73 Å². The lowest BCUT2D eigenvalue weighted by Gasteiger charge is -2.09. The van der Waals surface area contributed by atoms with Crippen molar-refractivity contribution in [2.75, 3.05) is 26.0 Å². The largest absolute Gasteiger partial charge is 0.407 e. The van der Waals surface area contributed by atoms with Crippen LogP contribution in [0, 0.1) is 0 Å². The summed E-state index contributed by atoms with van der Waals surface area (Å²) in [6.07, 6.45) is 0.382. The van der Waals surface area contributed by atoms with Gasteiger partial charge in [0, 0.05) is 27.1 Å². The molecular formula is C8H15N5O2. The fourth-order valence-corrected chi connectivity index (χ4v) is 0.908. The molecule has 0 aromatic carbocycles. The van der Waals surface area contributed by atoms with Gasteiger partial charge in [0.25, 0.3) is 0 Å². The van der Waals surface area contributed by atoms with Gasteiger partial charge in [-0.05, 0) is 0 Å². The van der Waals surface area contributed by atoms with E-state index in [1.165, 1.54) is 4.90 Å². The van der Waals surface area contributed by atoms with Gasteiger partial charge in [0.1, 0.15) is 0 Å². The highest BCUT2D eigenvalue weighted by Gasteiger charge is 2.06. The van der Waals surface area contributed by atoms with Gasteiger partial charge in [0.15, 0.2) is 0 Å². The summed E-state index contributed by atoms with van der Waals surface area (Å²) in [6.45, 7) is 0.675. The summed E-state index contributed by atoms with van der Waals surface area (Å²) in [5.74, 6) is 0.414. The van der Waals surface area contributed by atoms with Gasteiger partial charge in [-0.1, -0.05) is 5.10 Å². The molecule has 1 aromatic rings. The maximum Gasteiger partial charge on any atom is 0.315 e. The number of hydrogen-bond donors (Lipinski definition) is 2. The van der Waals surface area contributed by atoms with Crippen LogP contribution in [0.25, 0.3) is 0 Å². The molecule has 84 valence electrons. The second-order valence-corrected chi connectivity index (χ2v) is 3.17. The fourth-order valence-electron chi connectivity index (χ4n) is 0.908. The summed E-state index contributed by atoms with van der Waals surface area (Å²) < 4.78 is 5.09. The van der Waals surface area contributed by atoms with Gasteiger partial charge in [0.2, 0.25) is 11.8 Å². The molecule has 0 atom stereocenters. The molecule has 0 radical (unpaired) electrons. The summed E-state index contributed by atoms with van der Waals surface area (Å²) in [5, 5.41) is 10.2. The Labute approximate surface area is 87.6 Å². The lowest BCUT2D eigenvalue weighted by atomic mass is 10.4. The molecule has 1 amide bonds. The average molecular weight is 213 g/mol. The minimum Gasteiger partial charge on any atom is -0.407 e. The monoisotopic (exact) mass is 213 g/mol. The molecule has 0 unspecified atom stereocenters. The third-order valence-electron chi connectivity index (χ3n) is 1.76. The highest BCUT2D eigenvalue weighted by Crippen LogP contribution is 2.04. The van der Waals surface area contributed by atoms with Gasteiger partial charge in [-0.2, -0.15) is 0 Å². The predicted molar refractivity (Wildman–Crippen MR) is 54.0 cm³/mol. The van der Waals surface area contributed by atoms with Crippen LogP contribution in [-0.2, 0) is 11.3 Å². The molecular weight excluding hydrogens is 198 g/mol. The molecule has 0 saturated carbocycles. The number of nitrogens with one attached hydrogen (secondary N) is 1. The van der Waals surface area contributed by atoms with E-state index >= 15 is 0 Å². The highest BCUT2D eigenvalue weighted by molar-refractivity contribution is 5.75. The first-order valence-corrected chi connectivity index (χ1v) is 4.60. The Kier molecular flexibility index (Phi) is 4.04. The summed E-state index contributed by atoms with van der Waals surface area (Å²) in [7, 11) is 3.42. The molecule has 15 heavy (non-hydrogen) atoms. The topological polar surface area (TPSA) is 97.3 Å². The third-order valence-corrected chi connectivity index (χ3v) is 1.76. The van der Waals surface area contributed by atoms with E-state index in [-0.39, 0.29) is 12.5 Å². The van der Waals surface area contributed by atoms with Crippen LogP contribution in [0.1, 0.15) is 12.3 Å². The zero-order chi connectivity index (χ0) is 11.3. The van der Waals surface area contributed by atoms with Crippen molar-refractivity contribution in [3.63, 3.8) is 0 Å². The van der Waals surface area contributed by atoms with Gasteiger partial charge in [-0.15, -0.1) is 5.10 Å². The van der Waals surface area contributed by atoms with Crippen LogP contribution >= 0.6 is 0 Å². The van der Waals surface area contributed by atoms with Crippen LogP contribution in [0.5, 0.6) is 0 Å². The number of amides is 1. The minimum atomic E-state index is 0.0427. The molecule has 0 fully saturated rings. The highest BCUT2D eigenvalue weighted by atomic mass is 16.4. The predicted octanol–water partition coefficient (Wildman–Crippen LogP) is -0.581. The van der Waals surface area contributed by atoms with Crippen molar-refractivity contribution < 1.29 is 9.21 Å². The van der Waals surface area contributed by atoms with Crippen LogP contribution in [0.2, 0.25) is 0 Å². The standard InChI is InChI=1S/C8H15N5O2/c1-13(2)7(14)3-4-10-8-12-11-6(5-9)15-8/h3-5,9H2,1-2H3,(H,10,12). The van der Waals surface area contributed by atoms with Crippen LogP contribution in [0.15, 0.2) is 4.42 Å². The Hall–Kier alpha value is -1.63. The van der Waals surface area contributed by atoms with E-state index in [4.69, 9.17) is 10.2 Å². The molecule has 0 aliphatic heterocycles. The second-order valence-electron chi connectivity index (χ2n) is 3.17. The maximum atomic E-state index is 11.2. The summed E-state index contributed by atoms with van der Waals surface area (Å²) in [4.78, 5) is 12.7. The van der Waals surface area contributed by atoms with Crippen LogP contribution in [-0.4, -0.2) is 41.6 Å². The lowest BCUT2D eigenvalue weighted by Crippen LogP contribution is -2.23. The Bertz CT molecular complexity index is 323. The first-order valence-electron chi connectivity index (χ1n) is 4.60. The number of carbonyl (C=O) groups is 1. The van der Waals surface area contributed by atoms with Crippen LogP contribution in [0.3, 0.4) is 0 Å². The SMILES string of the molecule is CN(C)C(=O)CCNc1nnc(CN)o1. The zero-order valence-corrected chi connectivity index (χ0v) is 8.86. The third kappa shape index (κ3) is 3.55. The number of nitrogens with two attached hydrogens (primary N) is 1. The lowest BCUT2D eigenvalue weighted by molar-refractivity contribution is -0.128. The van der Waals surface area contributed by atoms with Crippen molar-refractivity contribution in [3.05, 3.63) is 5.89 Å². The molecule has 0 aliphatic carbocycles. The van der Waals surface area contributed by atoms with E-state index < -0.39 is 0 Å². The average Bonchev–Trinajstić information content (AvgIpc) is 2.65. The van der Waals surface area contributed by atoms with E-state index in [1.54, 1.807) is 14.1 Å².